The SMILES string of the molecule is CC1(C)c2ccccc2-c2cc(N(c3ccc(-c4ccc5c(ccc6sc7ccccc7c65)c4)cc3)c3ccccc3-c3ccc4ccccc4c3)ccc21. The molecule has 0 amide bonds. The van der Waals surface area contributed by atoms with Crippen LogP contribution in [0.5, 0.6) is 0 Å². The lowest BCUT2D eigenvalue weighted by Gasteiger charge is -2.29. The van der Waals surface area contributed by atoms with Gasteiger partial charge < -0.3 is 4.90 Å². The second-order valence-electron chi connectivity index (χ2n) is 15.3. The Morgan fingerprint density at radius 2 is 1.05 bits per heavy atom. The van der Waals surface area contributed by atoms with E-state index in [2.05, 4.69) is 207 Å². The van der Waals surface area contributed by atoms with E-state index < -0.39 is 0 Å². The van der Waals surface area contributed by atoms with Crippen molar-refractivity contribution >= 4 is 70.1 Å². The molecule has 2 heteroatoms. The fourth-order valence-corrected chi connectivity index (χ4v) is 10.2. The van der Waals surface area contributed by atoms with E-state index in [0.717, 1.165) is 17.1 Å². The van der Waals surface area contributed by atoms with Gasteiger partial charge in [0.1, 0.15) is 0 Å². The Hall–Kier alpha value is -6.48. The van der Waals surface area contributed by atoms with Gasteiger partial charge in [0.15, 0.2) is 0 Å². The standard InChI is InChI=1S/C53H37NS/c1-53(2)47-16-8-5-14-44(47)46-33-41(27-29-48(46)53)54(49-17-9-6-13-42(49)38-20-19-34-11-3-4-12-36(34)31-38)40-25-21-35(22-26-40)37-23-28-43-39(32-37)24-30-51-52(43)45-15-7-10-18-50(45)55-51/h3-33H,1-2H3. The van der Waals surface area contributed by atoms with Gasteiger partial charge in [-0.25, -0.2) is 0 Å². The van der Waals surface area contributed by atoms with Crippen molar-refractivity contribution in [2.24, 2.45) is 0 Å². The topological polar surface area (TPSA) is 3.24 Å². The molecule has 1 heterocycles. The third-order valence-electron chi connectivity index (χ3n) is 11.8. The number of thiophene rings is 1. The molecule has 0 fully saturated rings. The van der Waals surface area contributed by atoms with Gasteiger partial charge in [0.2, 0.25) is 0 Å². The zero-order valence-corrected chi connectivity index (χ0v) is 31.6. The third-order valence-corrected chi connectivity index (χ3v) is 13.0. The summed E-state index contributed by atoms with van der Waals surface area (Å²) in [5.41, 5.74) is 13.6. The quantitative estimate of drug-likeness (QED) is 0.171. The molecule has 0 radical (unpaired) electrons. The van der Waals surface area contributed by atoms with E-state index in [1.54, 1.807) is 0 Å². The fourth-order valence-electron chi connectivity index (χ4n) is 9.08. The van der Waals surface area contributed by atoms with Crippen LogP contribution in [0.2, 0.25) is 0 Å². The molecular weight excluding hydrogens is 683 g/mol. The number of nitrogens with zero attached hydrogens (tertiary/aromatic N) is 1. The maximum absolute atomic E-state index is 2.45. The van der Waals surface area contributed by atoms with Crippen LogP contribution in [0.15, 0.2) is 188 Å². The van der Waals surface area contributed by atoms with Crippen LogP contribution < -0.4 is 4.90 Å². The molecule has 1 aliphatic carbocycles. The zero-order chi connectivity index (χ0) is 36.7. The molecule has 0 spiro atoms. The highest BCUT2D eigenvalue weighted by atomic mass is 32.1. The minimum absolute atomic E-state index is 0.0535. The molecule has 0 unspecified atom stereocenters. The van der Waals surface area contributed by atoms with Crippen molar-refractivity contribution in [3.63, 3.8) is 0 Å². The van der Waals surface area contributed by atoms with Crippen LogP contribution in [0.1, 0.15) is 25.0 Å². The van der Waals surface area contributed by atoms with Crippen molar-refractivity contribution in [1.29, 1.82) is 0 Å². The normalized spacial score (nSPS) is 13.1. The Labute approximate surface area is 325 Å². The van der Waals surface area contributed by atoms with E-state index in [1.807, 2.05) is 11.3 Å². The minimum atomic E-state index is -0.0535. The molecule has 1 nitrogen and oxygen atoms in total. The predicted octanol–water partition coefficient (Wildman–Crippen LogP) is 15.5. The first kappa shape index (κ1) is 32.0. The molecule has 10 aromatic rings. The monoisotopic (exact) mass is 719 g/mol. The number of hydrogen-bond acceptors (Lipinski definition) is 2. The molecular formula is C53H37NS. The molecule has 0 saturated carbocycles. The van der Waals surface area contributed by atoms with Gasteiger partial charge in [-0.15, -0.1) is 11.3 Å². The molecule has 0 atom stereocenters. The Kier molecular flexibility index (Phi) is 7.14. The average Bonchev–Trinajstić information content (AvgIpc) is 3.73. The molecule has 0 aliphatic heterocycles. The molecule has 0 saturated heterocycles. The van der Waals surface area contributed by atoms with Crippen molar-refractivity contribution in [2.75, 3.05) is 4.90 Å². The number of hydrogen-bond donors (Lipinski definition) is 0. The first-order valence-electron chi connectivity index (χ1n) is 19.1. The van der Waals surface area contributed by atoms with Crippen LogP contribution >= 0.6 is 11.3 Å². The van der Waals surface area contributed by atoms with Gasteiger partial charge in [0.25, 0.3) is 0 Å². The molecule has 0 bridgehead atoms. The minimum Gasteiger partial charge on any atom is -0.310 e. The van der Waals surface area contributed by atoms with E-state index >= 15 is 0 Å². The van der Waals surface area contributed by atoms with E-state index in [9.17, 15) is 0 Å². The number of fused-ring (bicyclic) bond motifs is 9. The lowest BCUT2D eigenvalue weighted by atomic mass is 9.82. The summed E-state index contributed by atoms with van der Waals surface area (Å²) in [6.45, 7) is 4.70. The van der Waals surface area contributed by atoms with Crippen molar-refractivity contribution in [2.45, 2.75) is 19.3 Å². The predicted molar refractivity (Wildman–Crippen MR) is 237 cm³/mol. The van der Waals surface area contributed by atoms with Crippen LogP contribution in [0.3, 0.4) is 0 Å². The van der Waals surface area contributed by atoms with Crippen molar-refractivity contribution < 1.29 is 0 Å². The van der Waals surface area contributed by atoms with Crippen LogP contribution in [-0.2, 0) is 5.41 Å². The van der Waals surface area contributed by atoms with E-state index in [4.69, 9.17) is 0 Å². The second-order valence-corrected chi connectivity index (χ2v) is 16.4. The highest BCUT2D eigenvalue weighted by Gasteiger charge is 2.35. The molecule has 1 aliphatic rings. The van der Waals surface area contributed by atoms with Crippen LogP contribution in [0.25, 0.3) is 75.1 Å². The summed E-state index contributed by atoms with van der Waals surface area (Å²) >= 11 is 1.88. The van der Waals surface area contributed by atoms with Gasteiger partial charge in [-0.2, -0.15) is 0 Å². The summed E-state index contributed by atoms with van der Waals surface area (Å²) in [7, 11) is 0. The molecule has 1 aromatic heterocycles. The highest BCUT2D eigenvalue weighted by Crippen LogP contribution is 2.51. The molecule has 55 heavy (non-hydrogen) atoms. The summed E-state index contributed by atoms with van der Waals surface area (Å²) in [4.78, 5) is 2.45. The van der Waals surface area contributed by atoms with Crippen LogP contribution in [-0.4, -0.2) is 0 Å². The number of benzene rings is 9. The molecule has 9 aromatic carbocycles. The fraction of sp³-hybridized carbons (Fsp3) is 0.0566. The summed E-state index contributed by atoms with van der Waals surface area (Å²) in [5, 5.41) is 7.77. The van der Waals surface area contributed by atoms with E-state index in [1.165, 1.54) is 86.2 Å². The third kappa shape index (κ3) is 5.06. The van der Waals surface area contributed by atoms with Gasteiger partial charge in [0.05, 0.1) is 5.69 Å². The van der Waals surface area contributed by atoms with Gasteiger partial charge in [-0.1, -0.05) is 147 Å². The summed E-state index contributed by atoms with van der Waals surface area (Å²) in [6.07, 6.45) is 0. The summed E-state index contributed by atoms with van der Waals surface area (Å²) in [5.74, 6) is 0. The van der Waals surface area contributed by atoms with Crippen LogP contribution in [0, 0.1) is 0 Å². The Balaban J connectivity index is 1.05. The lowest BCUT2D eigenvalue weighted by molar-refractivity contribution is 0.660. The summed E-state index contributed by atoms with van der Waals surface area (Å²) < 4.78 is 2.68. The molecule has 11 rings (SSSR count). The van der Waals surface area contributed by atoms with Crippen molar-refractivity contribution in [3.8, 4) is 33.4 Å². The number of anilines is 3. The van der Waals surface area contributed by atoms with Crippen molar-refractivity contribution in [3.05, 3.63) is 199 Å². The van der Waals surface area contributed by atoms with Crippen LogP contribution in [0.4, 0.5) is 17.1 Å². The maximum atomic E-state index is 2.45. The number of para-hydroxylation sites is 1. The lowest BCUT2D eigenvalue weighted by Crippen LogP contribution is -2.15. The molecule has 0 N–H and O–H groups in total. The first-order chi connectivity index (χ1) is 27.0. The van der Waals surface area contributed by atoms with E-state index in [0.29, 0.717) is 0 Å². The van der Waals surface area contributed by atoms with Gasteiger partial charge in [0, 0.05) is 42.5 Å². The second kappa shape index (κ2) is 12.3. The Morgan fingerprint density at radius 3 is 1.95 bits per heavy atom. The Morgan fingerprint density at radius 1 is 0.400 bits per heavy atom. The first-order valence-corrected chi connectivity index (χ1v) is 19.9. The average molecular weight is 720 g/mol. The highest BCUT2D eigenvalue weighted by molar-refractivity contribution is 7.26. The van der Waals surface area contributed by atoms with Gasteiger partial charge >= 0.3 is 0 Å². The van der Waals surface area contributed by atoms with Gasteiger partial charge in [-0.3, -0.25) is 0 Å². The van der Waals surface area contributed by atoms with Gasteiger partial charge in [-0.05, 0) is 115 Å². The zero-order valence-electron chi connectivity index (χ0n) is 30.8. The largest absolute Gasteiger partial charge is 0.310 e. The number of rotatable bonds is 5. The van der Waals surface area contributed by atoms with Crippen molar-refractivity contribution in [1.82, 2.24) is 0 Å². The summed E-state index contributed by atoms with van der Waals surface area (Å²) in [6, 6.07) is 69.7. The Bertz CT molecular complexity index is 3130. The molecule has 260 valence electrons. The smallest absolute Gasteiger partial charge is 0.0540 e. The van der Waals surface area contributed by atoms with E-state index in [-0.39, 0.29) is 5.41 Å². The maximum Gasteiger partial charge on any atom is 0.0540 e.